The van der Waals surface area contributed by atoms with Gasteiger partial charge in [-0.15, -0.1) is 0 Å². The van der Waals surface area contributed by atoms with E-state index in [2.05, 4.69) is 180 Å². The van der Waals surface area contributed by atoms with Crippen molar-refractivity contribution in [1.29, 1.82) is 0 Å². The summed E-state index contributed by atoms with van der Waals surface area (Å²) >= 11 is 0. The molecule has 0 amide bonds. The smallest absolute Gasteiger partial charge is 0.139 e. The molecule has 0 atom stereocenters. The highest BCUT2D eigenvalue weighted by Gasteiger charge is 2.38. The number of aryl methyl sites for hydroxylation is 1. The highest BCUT2D eigenvalue weighted by atomic mass is 16.3. The molecule has 0 unspecified atom stereocenters. The maximum Gasteiger partial charge on any atom is 0.139 e. The zero-order valence-electron chi connectivity index (χ0n) is 34.8. The van der Waals surface area contributed by atoms with Crippen LogP contribution in [0.25, 0.3) is 32.9 Å². The molecule has 0 bridgehead atoms. The van der Waals surface area contributed by atoms with E-state index in [4.69, 9.17) is 4.42 Å². The average molecular weight is 736 g/mol. The number of hydrogen-bond donors (Lipinski definition) is 0. The molecule has 0 saturated heterocycles. The number of hydrogen-bond acceptors (Lipinski definition) is 2. The summed E-state index contributed by atoms with van der Waals surface area (Å²) in [4.78, 5) is 2.40. The molecule has 0 fully saturated rings. The van der Waals surface area contributed by atoms with E-state index in [0.29, 0.717) is 0 Å². The van der Waals surface area contributed by atoms with E-state index in [0.717, 1.165) is 52.4 Å². The number of para-hydroxylation sites is 1. The summed E-state index contributed by atoms with van der Waals surface area (Å²) in [6, 6.07) is 39.8. The van der Waals surface area contributed by atoms with Crippen molar-refractivity contribution in [3.63, 3.8) is 0 Å². The molecular formula is C54H57NO. The standard InChI is InChI=1S/C52H51NO.C2H6/c1-9-12-13-19-35(4)36(5)32-40(18-10-2)39-24-27-42(28-25-39)53(43-29-26-38-20-14-15-21-41(38)33-43)44-30-31-48-47(34-44)50(37(6)52(48,7)8)51-45(11-3)46-22-16-17-23-49(46)54-51;1-2/h9,12-34H,4,10-11H2,1-3,5-8H3;1-2H3/b12-9-,19-13-,36-32+,40-18+;. The molecule has 1 aliphatic carbocycles. The molecule has 0 aliphatic heterocycles. The van der Waals surface area contributed by atoms with Crippen LogP contribution in [0.5, 0.6) is 0 Å². The molecule has 7 rings (SSSR count). The summed E-state index contributed by atoms with van der Waals surface area (Å²) in [5, 5.41) is 3.64. The van der Waals surface area contributed by atoms with Gasteiger partial charge in [0.15, 0.2) is 0 Å². The third-order valence-electron chi connectivity index (χ3n) is 11.1. The minimum absolute atomic E-state index is 0.135. The molecule has 1 heterocycles. The van der Waals surface area contributed by atoms with Crippen LogP contribution in [0.4, 0.5) is 17.1 Å². The van der Waals surface area contributed by atoms with Crippen molar-refractivity contribution in [3.05, 3.63) is 197 Å². The predicted octanol–water partition coefficient (Wildman–Crippen LogP) is 16.2. The topological polar surface area (TPSA) is 16.4 Å². The van der Waals surface area contributed by atoms with Gasteiger partial charge in [0.2, 0.25) is 0 Å². The van der Waals surface area contributed by atoms with Crippen LogP contribution < -0.4 is 4.90 Å². The quantitative estimate of drug-likeness (QED) is 0.123. The van der Waals surface area contributed by atoms with Gasteiger partial charge in [0.25, 0.3) is 0 Å². The second kappa shape index (κ2) is 17.3. The van der Waals surface area contributed by atoms with Crippen LogP contribution in [0.1, 0.15) is 96.7 Å². The Labute approximate surface area is 335 Å². The second-order valence-electron chi connectivity index (χ2n) is 14.8. The fraction of sp³-hybridized carbons (Fsp3) is 0.222. The number of fused-ring (bicyclic) bond motifs is 3. The first-order valence-electron chi connectivity index (χ1n) is 20.3. The molecule has 56 heavy (non-hydrogen) atoms. The Kier molecular flexibility index (Phi) is 12.3. The summed E-state index contributed by atoms with van der Waals surface area (Å²) in [7, 11) is 0. The SMILES string of the molecule is C=C(/C=C\C=C/C)/C(C)=C/C(=C\CC)c1ccc(N(c2ccc3c(c2)C(c2oc4ccccc4c2CC)=C(C)C3(C)C)c2ccc3ccccc3c2)cc1.CC. The zero-order valence-corrected chi connectivity index (χ0v) is 34.8. The number of furan rings is 1. The zero-order chi connectivity index (χ0) is 40.0. The molecule has 0 N–H and O–H groups in total. The summed E-state index contributed by atoms with van der Waals surface area (Å²) < 4.78 is 6.74. The highest BCUT2D eigenvalue weighted by molar-refractivity contribution is 5.96. The van der Waals surface area contributed by atoms with E-state index in [9.17, 15) is 0 Å². The Morgan fingerprint density at radius 3 is 2.16 bits per heavy atom. The van der Waals surface area contributed by atoms with Gasteiger partial charge in [0.1, 0.15) is 11.3 Å². The maximum atomic E-state index is 6.74. The first-order valence-corrected chi connectivity index (χ1v) is 20.3. The lowest BCUT2D eigenvalue weighted by molar-refractivity contribution is 0.592. The van der Waals surface area contributed by atoms with Crippen molar-refractivity contribution >= 4 is 50.0 Å². The summed E-state index contributed by atoms with van der Waals surface area (Å²) in [5.74, 6) is 1.00. The first kappa shape index (κ1) is 39.8. The molecule has 1 aliphatic rings. The molecular weight excluding hydrogens is 679 g/mol. The monoisotopic (exact) mass is 735 g/mol. The molecule has 0 saturated carbocycles. The van der Waals surface area contributed by atoms with Crippen LogP contribution in [-0.4, -0.2) is 0 Å². The number of anilines is 3. The summed E-state index contributed by atoms with van der Waals surface area (Å²) in [5.41, 5.74) is 15.1. The lowest BCUT2D eigenvalue weighted by Crippen LogP contribution is -2.16. The summed E-state index contributed by atoms with van der Waals surface area (Å²) in [6.45, 7) is 23.9. The van der Waals surface area contributed by atoms with Crippen LogP contribution >= 0.6 is 0 Å². The van der Waals surface area contributed by atoms with Crippen LogP contribution in [0, 0.1) is 0 Å². The Bertz CT molecular complexity index is 2530. The van der Waals surface area contributed by atoms with Gasteiger partial charge in [-0.3, -0.25) is 0 Å². The van der Waals surface area contributed by atoms with E-state index in [1.54, 1.807) is 0 Å². The van der Waals surface area contributed by atoms with E-state index in [1.165, 1.54) is 55.1 Å². The molecule has 1 aromatic heterocycles. The van der Waals surface area contributed by atoms with E-state index in [-0.39, 0.29) is 5.41 Å². The molecule has 284 valence electrons. The van der Waals surface area contributed by atoms with Crippen molar-refractivity contribution < 1.29 is 4.42 Å². The van der Waals surface area contributed by atoms with E-state index in [1.807, 2.05) is 39.0 Å². The Morgan fingerprint density at radius 2 is 1.45 bits per heavy atom. The van der Waals surface area contributed by atoms with Gasteiger partial charge in [-0.25, -0.2) is 0 Å². The number of nitrogens with zero attached hydrogens (tertiary/aromatic N) is 1. The Balaban J connectivity index is 0.00000262. The van der Waals surface area contributed by atoms with Gasteiger partial charge in [-0.1, -0.05) is 157 Å². The van der Waals surface area contributed by atoms with Gasteiger partial charge >= 0.3 is 0 Å². The van der Waals surface area contributed by atoms with Crippen molar-refractivity contribution in [2.45, 2.75) is 80.6 Å². The molecule has 2 heteroatoms. The highest BCUT2D eigenvalue weighted by Crippen LogP contribution is 2.52. The second-order valence-corrected chi connectivity index (χ2v) is 14.8. The number of allylic oxidation sites excluding steroid dienone is 10. The molecule has 5 aromatic carbocycles. The maximum absolute atomic E-state index is 6.74. The third-order valence-corrected chi connectivity index (χ3v) is 11.1. The number of rotatable bonds is 11. The van der Waals surface area contributed by atoms with Crippen LogP contribution in [-0.2, 0) is 11.8 Å². The van der Waals surface area contributed by atoms with Crippen molar-refractivity contribution in [2.24, 2.45) is 0 Å². The Hall–Kier alpha value is -5.86. The van der Waals surface area contributed by atoms with E-state index >= 15 is 0 Å². The molecule has 2 nitrogen and oxygen atoms in total. The van der Waals surface area contributed by atoms with Crippen LogP contribution in [0.2, 0.25) is 0 Å². The summed E-state index contributed by atoms with van der Waals surface area (Å²) in [6.07, 6.45) is 14.6. The average Bonchev–Trinajstić information content (AvgIpc) is 3.68. The number of benzene rings is 5. The minimum atomic E-state index is -0.135. The fourth-order valence-corrected chi connectivity index (χ4v) is 7.87. The largest absolute Gasteiger partial charge is 0.456 e. The first-order chi connectivity index (χ1) is 27.2. The fourth-order valence-electron chi connectivity index (χ4n) is 7.87. The van der Waals surface area contributed by atoms with Crippen molar-refractivity contribution in [2.75, 3.05) is 4.90 Å². The van der Waals surface area contributed by atoms with E-state index < -0.39 is 0 Å². The van der Waals surface area contributed by atoms with Gasteiger partial charge < -0.3 is 9.32 Å². The van der Waals surface area contributed by atoms with Crippen molar-refractivity contribution in [1.82, 2.24) is 0 Å². The molecule has 0 radical (unpaired) electrons. The lowest BCUT2D eigenvalue weighted by atomic mass is 9.82. The normalized spacial score (nSPS) is 14.2. The lowest BCUT2D eigenvalue weighted by Gasteiger charge is -2.28. The van der Waals surface area contributed by atoms with Gasteiger partial charge in [0, 0.05) is 39.0 Å². The van der Waals surface area contributed by atoms with Gasteiger partial charge in [-0.05, 0) is 120 Å². The minimum Gasteiger partial charge on any atom is -0.456 e. The Morgan fingerprint density at radius 1 is 0.786 bits per heavy atom. The predicted molar refractivity (Wildman–Crippen MR) is 245 cm³/mol. The van der Waals surface area contributed by atoms with Crippen molar-refractivity contribution in [3.8, 4) is 0 Å². The third kappa shape index (κ3) is 7.66. The van der Waals surface area contributed by atoms with Crippen LogP contribution in [0.15, 0.2) is 173 Å². The van der Waals surface area contributed by atoms with Gasteiger partial charge in [-0.2, -0.15) is 0 Å². The molecule has 6 aromatic rings. The van der Waals surface area contributed by atoms with Crippen LogP contribution in [0.3, 0.4) is 0 Å². The van der Waals surface area contributed by atoms with Gasteiger partial charge in [0.05, 0.1) is 0 Å². The molecule has 0 spiro atoms.